The van der Waals surface area contributed by atoms with Gasteiger partial charge in [-0.25, -0.2) is 4.99 Å². The zero-order chi connectivity index (χ0) is 15.6. The predicted octanol–water partition coefficient (Wildman–Crippen LogP) is 3.35. The van der Waals surface area contributed by atoms with Crippen LogP contribution in [0, 0.1) is 17.2 Å². The number of methoxy groups -OCH3 is 1. The molecule has 1 aliphatic rings. The van der Waals surface area contributed by atoms with Crippen molar-refractivity contribution in [3.63, 3.8) is 0 Å². The number of rotatable bonds is 2. The molecule has 2 atom stereocenters. The molecule has 2 rings (SSSR count). The quantitative estimate of drug-likeness (QED) is 0.671. The van der Waals surface area contributed by atoms with E-state index < -0.39 is 17.8 Å². The molecule has 1 heterocycles. The summed E-state index contributed by atoms with van der Waals surface area (Å²) in [7, 11) is 1.32. The monoisotopic (exact) mass is 320 g/mol. The molecule has 0 saturated heterocycles. The van der Waals surface area contributed by atoms with Crippen LogP contribution in [0.2, 0.25) is 5.02 Å². The summed E-state index contributed by atoms with van der Waals surface area (Å²) in [4.78, 5) is 16.3. The van der Waals surface area contributed by atoms with Crippen molar-refractivity contribution >= 4 is 35.9 Å². The topological polar surface area (TPSA) is 62.4 Å². The zero-order valence-corrected chi connectivity index (χ0v) is 13.2. The van der Waals surface area contributed by atoms with Crippen LogP contribution in [0.4, 0.5) is 0 Å². The van der Waals surface area contributed by atoms with Crippen LogP contribution in [0.3, 0.4) is 0 Å². The van der Waals surface area contributed by atoms with Crippen LogP contribution in [-0.4, -0.2) is 18.8 Å². The molecule has 0 bridgehead atoms. The maximum absolute atomic E-state index is 12.1. The normalized spacial score (nSPS) is 21.6. The van der Waals surface area contributed by atoms with E-state index in [-0.39, 0.29) is 0 Å². The van der Waals surface area contributed by atoms with E-state index in [2.05, 4.69) is 23.7 Å². The zero-order valence-electron chi connectivity index (χ0n) is 11.5. The lowest BCUT2D eigenvalue weighted by Gasteiger charge is -2.29. The van der Waals surface area contributed by atoms with Gasteiger partial charge in [0.25, 0.3) is 0 Å². The highest BCUT2D eigenvalue weighted by Crippen LogP contribution is 2.40. The van der Waals surface area contributed by atoms with Crippen LogP contribution in [0.1, 0.15) is 18.4 Å². The van der Waals surface area contributed by atoms with E-state index in [1.807, 2.05) is 6.07 Å². The summed E-state index contributed by atoms with van der Waals surface area (Å²) in [6.45, 7) is 1.73. The molecule has 0 N–H and O–H groups in total. The number of halogens is 1. The second-order valence-corrected chi connectivity index (χ2v) is 5.50. The lowest BCUT2D eigenvalue weighted by Crippen LogP contribution is -2.33. The third-order valence-corrected chi connectivity index (χ3v) is 3.98. The SMILES string of the molecule is COC(=O)C1C(C)=NC(S)=C(C#N)[C@H]1c1cccc(Cl)c1. The van der Waals surface area contributed by atoms with E-state index in [4.69, 9.17) is 16.3 Å². The van der Waals surface area contributed by atoms with Gasteiger partial charge in [-0.3, -0.25) is 4.79 Å². The van der Waals surface area contributed by atoms with Gasteiger partial charge >= 0.3 is 5.97 Å². The molecule has 0 radical (unpaired) electrons. The summed E-state index contributed by atoms with van der Waals surface area (Å²) < 4.78 is 4.86. The summed E-state index contributed by atoms with van der Waals surface area (Å²) in [6, 6.07) is 9.17. The second-order valence-electron chi connectivity index (χ2n) is 4.64. The van der Waals surface area contributed by atoms with Crippen molar-refractivity contribution in [1.82, 2.24) is 0 Å². The summed E-state index contributed by atoms with van der Waals surface area (Å²) in [5.74, 6) is -1.58. The third kappa shape index (κ3) is 2.97. The van der Waals surface area contributed by atoms with Gasteiger partial charge in [0.1, 0.15) is 10.9 Å². The molecular weight excluding hydrogens is 308 g/mol. The Hall–Kier alpha value is -1.77. The molecule has 0 spiro atoms. The summed E-state index contributed by atoms with van der Waals surface area (Å²) in [5.41, 5.74) is 1.66. The molecule has 0 amide bonds. The highest BCUT2D eigenvalue weighted by molar-refractivity contribution is 7.84. The fourth-order valence-electron chi connectivity index (χ4n) is 2.46. The fraction of sp³-hybridized carbons (Fsp3) is 0.267. The van der Waals surface area contributed by atoms with Gasteiger partial charge in [0.2, 0.25) is 0 Å². The molecule has 1 aromatic carbocycles. The van der Waals surface area contributed by atoms with Gasteiger partial charge < -0.3 is 4.74 Å². The van der Waals surface area contributed by atoms with Crippen molar-refractivity contribution < 1.29 is 9.53 Å². The molecular formula is C15H13ClN2O2S. The van der Waals surface area contributed by atoms with Gasteiger partial charge in [-0.05, 0) is 24.6 Å². The first-order chi connectivity index (χ1) is 9.99. The standard InChI is InChI=1S/C15H13ClN2O2S/c1-8-12(15(19)20-2)13(11(7-17)14(21)18-8)9-4-3-5-10(16)6-9/h3-6,12-13,21H,1-2H3/t12?,13-/m1/s1. The van der Waals surface area contributed by atoms with Crippen molar-refractivity contribution in [3.8, 4) is 6.07 Å². The van der Waals surface area contributed by atoms with Gasteiger partial charge in [-0.15, -0.1) is 12.6 Å². The maximum Gasteiger partial charge on any atom is 0.315 e. The molecule has 1 aromatic rings. The molecule has 0 aliphatic carbocycles. The molecule has 1 aliphatic heterocycles. The smallest absolute Gasteiger partial charge is 0.315 e. The van der Waals surface area contributed by atoms with Crippen molar-refractivity contribution in [2.75, 3.05) is 7.11 Å². The van der Waals surface area contributed by atoms with E-state index in [9.17, 15) is 10.1 Å². The number of benzene rings is 1. The van der Waals surface area contributed by atoms with Crippen molar-refractivity contribution in [2.45, 2.75) is 12.8 Å². The predicted molar refractivity (Wildman–Crippen MR) is 84.4 cm³/mol. The first-order valence-electron chi connectivity index (χ1n) is 6.21. The number of hydrogen-bond donors (Lipinski definition) is 1. The van der Waals surface area contributed by atoms with E-state index in [0.717, 1.165) is 5.56 Å². The van der Waals surface area contributed by atoms with Crippen LogP contribution < -0.4 is 0 Å². The Bertz CT molecular complexity index is 691. The number of aliphatic imine (C=N–C) groups is 1. The molecule has 0 fully saturated rings. The number of esters is 1. The number of carbonyl (C=O) groups excluding carboxylic acids is 1. The van der Waals surface area contributed by atoms with Crippen LogP contribution in [-0.2, 0) is 9.53 Å². The summed E-state index contributed by atoms with van der Waals surface area (Å²) in [6.07, 6.45) is 0. The van der Waals surface area contributed by atoms with Gasteiger partial charge in [0, 0.05) is 16.7 Å². The van der Waals surface area contributed by atoms with Crippen LogP contribution in [0.5, 0.6) is 0 Å². The first kappa shape index (κ1) is 15.6. The minimum atomic E-state index is -0.654. The number of allylic oxidation sites excluding steroid dienone is 1. The average molecular weight is 321 g/mol. The number of ether oxygens (including phenoxy) is 1. The van der Waals surface area contributed by atoms with E-state index in [1.54, 1.807) is 25.1 Å². The second kappa shape index (κ2) is 6.33. The van der Waals surface area contributed by atoms with E-state index in [0.29, 0.717) is 21.3 Å². The molecule has 0 saturated carbocycles. The number of nitriles is 1. The van der Waals surface area contributed by atoms with E-state index >= 15 is 0 Å². The number of carbonyl (C=O) groups is 1. The first-order valence-corrected chi connectivity index (χ1v) is 7.03. The highest BCUT2D eigenvalue weighted by atomic mass is 35.5. The van der Waals surface area contributed by atoms with Gasteiger partial charge in [0.15, 0.2) is 0 Å². The van der Waals surface area contributed by atoms with Crippen LogP contribution in [0.15, 0.2) is 39.9 Å². The Labute approximate surface area is 133 Å². The number of nitrogens with zero attached hydrogens (tertiary/aromatic N) is 2. The lowest BCUT2D eigenvalue weighted by molar-refractivity contribution is -0.143. The average Bonchev–Trinajstić information content (AvgIpc) is 2.45. The summed E-state index contributed by atoms with van der Waals surface area (Å²) >= 11 is 10.3. The third-order valence-electron chi connectivity index (χ3n) is 3.40. The highest BCUT2D eigenvalue weighted by Gasteiger charge is 2.39. The molecule has 1 unspecified atom stereocenters. The Morgan fingerprint density at radius 1 is 1.52 bits per heavy atom. The Morgan fingerprint density at radius 2 is 2.24 bits per heavy atom. The summed E-state index contributed by atoms with van der Waals surface area (Å²) in [5, 5.41) is 10.3. The molecule has 0 aromatic heterocycles. The Balaban J connectivity index is 2.63. The molecule has 4 nitrogen and oxygen atoms in total. The molecule has 108 valence electrons. The number of thiol groups is 1. The Morgan fingerprint density at radius 3 is 2.81 bits per heavy atom. The minimum absolute atomic E-state index is 0.320. The fourth-order valence-corrected chi connectivity index (χ4v) is 3.00. The molecule has 6 heteroatoms. The lowest BCUT2D eigenvalue weighted by atomic mass is 9.77. The van der Waals surface area contributed by atoms with E-state index in [1.165, 1.54) is 7.11 Å². The van der Waals surface area contributed by atoms with Crippen molar-refractivity contribution in [3.05, 3.63) is 45.5 Å². The van der Waals surface area contributed by atoms with Gasteiger partial charge in [-0.1, -0.05) is 23.7 Å². The number of hydrogen-bond acceptors (Lipinski definition) is 5. The minimum Gasteiger partial charge on any atom is -0.468 e. The van der Waals surface area contributed by atoms with Crippen LogP contribution >= 0.6 is 24.2 Å². The largest absolute Gasteiger partial charge is 0.468 e. The molecule has 21 heavy (non-hydrogen) atoms. The maximum atomic E-state index is 12.1. The van der Waals surface area contributed by atoms with Crippen molar-refractivity contribution in [1.29, 1.82) is 5.26 Å². The van der Waals surface area contributed by atoms with Crippen molar-refractivity contribution in [2.24, 2.45) is 10.9 Å². The van der Waals surface area contributed by atoms with Crippen LogP contribution in [0.25, 0.3) is 0 Å². The Kier molecular flexibility index (Phi) is 4.71. The van der Waals surface area contributed by atoms with Gasteiger partial charge in [0.05, 0.1) is 18.8 Å². The van der Waals surface area contributed by atoms with Gasteiger partial charge in [-0.2, -0.15) is 5.26 Å².